The highest BCUT2D eigenvalue weighted by molar-refractivity contribution is 7.89. The van der Waals surface area contributed by atoms with E-state index in [2.05, 4.69) is 5.32 Å². The van der Waals surface area contributed by atoms with Crippen LogP contribution in [0.2, 0.25) is 0 Å². The van der Waals surface area contributed by atoms with E-state index in [-0.39, 0.29) is 11.4 Å². The molecular weight excluding hydrogens is 252 g/mol. The molecule has 2 heterocycles. The van der Waals surface area contributed by atoms with E-state index in [4.69, 9.17) is 4.74 Å². The number of piperidine rings is 2. The lowest BCUT2D eigenvalue weighted by molar-refractivity contribution is 0.0262. The van der Waals surface area contributed by atoms with Gasteiger partial charge in [-0.05, 0) is 39.2 Å². The first-order valence-electron chi connectivity index (χ1n) is 6.96. The van der Waals surface area contributed by atoms with Crippen LogP contribution in [0.3, 0.4) is 0 Å². The Morgan fingerprint density at radius 2 is 2.17 bits per heavy atom. The summed E-state index contributed by atoms with van der Waals surface area (Å²) in [5, 5.41) is 2.94. The molecule has 2 atom stereocenters. The van der Waals surface area contributed by atoms with E-state index in [1.54, 1.807) is 4.31 Å². The summed E-state index contributed by atoms with van der Waals surface area (Å²) in [4.78, 5) is 0. The quantitative estimate of drug-likeness (QED) is 0.815. The molecule has 0 saturated carbocycles. The van der Waals surface area contributed by atoms with Crippen molar-refractivity contribution in [3.63, 3.8) is 0 Å². The van der Waals surface area contributed by atoms with E-state index in [0.717, 1.165) is 32.2 Å². The lowest BCUT2D eigenvalue weighted by Crippen LogP contribution is -2.50. The minimum atomic E-state index is -3.15. The molecule has 0 bridgehead atoms. The van der Waals surface area contributed by atoms with E-state index in [0.29, 0.717) is 26.2 Å². The number of hydrogen-bond donors (Lipinski definition) is 1. The van der Waals surface area contributed by atoms with Gasteiger partial charge in [0.1, 0.15) is 0 Å². The van der Waals surface area contributed by atoms with Crippen molar-refractivity contribution in [2.24, 2.45) is 0 Å². The Hall–Kier alpha value is -0.170. The molecule has 0 spiro atoms. The molecule has 106 valence electrons. The van der Waals surface area contributed by atoms with Crippen LogP contribution in [0.15, 0.2) is 0 Å². The second kappa shape index (κ2) is 6.32. The minimum absolute atomic E-state index is 0.0788. The fourth-order valence-corrected chi connectivity index (χ4v) is 4.77. The van der Waals surface area contributed by atoms with Gasteiger partial charge in [0.25, 0.3) is 0 Å². The largest absolute Gasteiger partial charge is 0.377 e. The topological polar surface area (TPSA) is 58.6 Å². The summed E-state index contributed by atoms with van der Waals surface area (Å²) in [6, 6.07) is 0. The van der Waals surface area contributed by atoms with Crippen molar-refractivity contribution in [1.29, 1.82) is 0 Å². The van der Waals surface area contributed by atoms with Gasteiger partial charge in [0.05, 0.1) is 11.4 Å². The average Bonchev–Trinajstić information content (AvgIpc) is 2.40. The number of sulfonamides is 1. The molecule has 2 aliphatic rings. The third-order valence-corrected chi connectivity index (χ3v) is 6.07. The molecule has 6 heteroatoms. The highest BCUT2D eigenvalue weighted by Gasteiger charge is 2.35. The Bertz CT molecular complexity index is 350. The highest BCUT2D eigenvalue weighted by atomic mass is 32.2. The summed E-state index contributed by atoms with van der Waals surface area (Å²) in [5.74, 6) is 0. The van der Waals surface area contributed by atoms with Crippen LogP contribution in [-0.2, 0) is 14.8 Å². The van der Waals surface area contributed by atoms with Gasteiger partial charge in [-0.1, -0.05) is 0 Å². The fraction of sp³-hybridized carbons (Fsp3) is 1.00. The van der Waals surface area contributed by atoms with Crippen LogP contribution in [0.4, 0.5) is 0 Å². The van der Waals surface area contributed by atoms with Crippen molar-refractivity contribution in [3.05, 3.63) is 0 Å². The zero-order valence-corrected chi connectivity index (χ0v) is 11.9. The second-order valence-corrected chi connectivity index (χ2v) is 7.30. The lowest BCUT2D eigenvalue weighted by Gasteiger charge is -2.35. The molecular formula is C12H24N2O3S. The first kappa shape index (κ1) is 14.2. The second-order valence-electron chi connectivity index (χ2n) is 5.09. The van der Waals surface area contributed by atoms with Crippen molar-refractivity contribution in [3.8, 4) is 0 Å². The van der Waals surface area contributed by atoms with Gasteiger partial charge in [0.2, 0.25) is 10.0 Å². The first-order chi connectivity index (χ1) is 8.64. The molecule has 1 N–H and O–H groups in total. The van der Waals surface area contributed by atoms with Crippen molar-refractivity contribution in [2.45, 2.75) is 44.0 Å². The van der Waals surface area contributed by atoms with Crippen molar-refractivity contribution >= 4 is 10.0 Å². The number of ether oxygens (including phenoxy) is 1. The van der Waals surface area contributed by atoms with Crippen LogP contribution < -0.4 is 5.32 Å². The summed E-state index contributed by atoms with van der Waals surface area (Å²) in [7, 11) is -3.15. The van der Waals surface area contributed by atoms with Gasteiger partial charge >= 0.3 is 0 Å². The maximum absolute atomic E-state index is 12.5. The van der Waals surface area contributed by atoms with Crippen LogP contribution in [0.5, 0.6) is 0 Å². The van der Waals surface area contributed by atoms with Gasteiger partial charge in [0.15, 0.2) is 0 Å². The molecule has 0 amide bonds. The molecule has 2 unspecified atom stereocenters. The van der Waals surface area contributed by atoms with Crippen LogP contribution >= 0.6 is 0 Å². The normalized spacial score (nSPS) is 31.4. The predicted molar refractivity (Wildman–Crippen MR) is 71.0 cm³/mol. The van der Waals surface area contributed by atoms with Gasteiger partial charge in [-0.3, -0.25) is 0 Å². The van der Waals surface area contributed by atoms with E-state index < -0.39 is 10.0 Å². The Kier molecular flexibility index (Phi) is 5.00. The summed E-state index contributed by atoms with van der Waals surface area (Å²) in [6.07, 6.45) is 3.69. The molecule has 0 aromatic carbocycles. The number of nitrogens with one attached hydrogen (secondary N) is 1. The summed E-state index contributed by atoms with van der Waals surface area (Å²) >= 11 is 0. The smallest absolute Gasteiger partial charge is 0.218 e. The van der Waals surface area contributed by atoms with Gasteiger partial charge in [0, 0.05) is 26.2 Å². The third-order valence-electron chi connectivity index (χ3n) is 3.78. The van der Waals surface area contributed by atoms with Crippen LogP contribution in [0.25, 0.3) is 0 Å². The zero-order valence-electron chi connectivity index (χ0n) is 11.1. The first-order valence-corrected chi connectivity index (χ1v) is 8.46. The van der Waals surface area contributed by atoms with Crippen molar-refractivity contribution in [1.82, 2.24) is 9.62 Å². The molecule has 0 radical (unpaired) electrons. The average molecular weight is 276 g/mol. The molecule has 2 saturated heterocycles. The predicted octanol–water partition coefficient (Wildman–Crippen LogP) is 0.569. The summed E-state index contributed by atoms with van der Waals surface area (Å²) in [5.41, 5.74) is 0. The number of rotatable bonds is 4. The van der Waals surface area contributed by atoms with E-state index in [1.807, 2.05) is 6.92 Å². The van der Waals surface area contributed by atoms with Crippen LogP contribution in [0, 0.1) is 0 Å². The molecule has 5 nitrogen and oxygen atoms in total. The highest BCUT2D eigenvalue weighted by Crippen LogP contribution is 2.22. The monoisotopic (exact) mass is 276 g/mol. The molecule has 2 aliphatic heterocycles. The molecule has 2 fully saturated rings. The summed E-state index contributed by atoms with van der Waals surface area (Å²) < 4.78 is 32.3. The van der Waals surface area contributed by atoms with Gasteiger partial charge in [-0.2, -0.15) is 4.31 Å². The molecule has 0 aromatic rings. The Labute approximate surface area is 110 Å². The fourth-order valence-electron chi connectivity index (χ4n) is 2.79. The summed E-state index contributed by atoms with van der Waals surface area (Å²) in [6.45, 7) is 5.34. The molecule has 18 heavy (non-hydrogen) atoms. The van der Waals surface area contributed by atoms with E-state index in [1.165, 1.54) is 0 Å². The van der Waals surface area contributed by atoms with Crippen molar-refractivity contribution in [2.75, 3.05) is 32.8 Å². The standard InChI is InChI=1S/C12H24N2O3S/c1-2-17-11-5-4-8-14(10-11)18(15,16)12-6-3-7-13-9-12/h11-13H,2-10H2,1H3. The minimum Gasteiger partial charge on any atom is -0.377 e. The number of nitrogens with zero attached hydrogens (tertiary/aromatic N) is 1. The maximum atomic E-state index is 12.5. The van der Waals surface area contributed by atoms with Gasteiger partial charge in [-0.15, -0.1) is 0 Å². The molecule has 0 aromatic heterocycles. The van der Waals surface area contributed by atoms with Crippen LogP contribution in [-0.4, -0.2) is 56.9 Å². The molecule has 0 aliphatic carbocycles. The Morgan fingerprint density at radius 3 is 2.83 bits per heavy atom. The van der Waals surface area contributed by atoms with Gasteiger partial charge in [-0.25, -0.2) is 8.42 Å². The Balaban J connectivity index is 1.99. The van der Waals surface area contributed by atoms with Crippen LogP contribution in [0.1, 0.15) is 32.6 Å². The third kappa shape index (κ3) is 3.23. The lowest BCUT2D eigenvalue weighted by atomic mass is 10.1. The van der Waals surface area contributed by atoms with E-state index in [9.17, 15) is 8.42 Å². The maximum Gasteiger partial charge on any atom is 0.218 e. The van der Waals surface area contributed by atoms with Crippen molar-refractivity contribution < 1.29 is 13.2 Å². The van der Waals surface area contributed by atoms with Gasteiger partial charge < -0.3 is 10.1 Å². The zero-order chi connectivity index (χ0) is 13.0. The SMILES string of the molecule is CCOC1CCCN(S(=O)(=O)C2CCCNC2)C1. The molecule has 2 rings (SSSR count). The Morgan fingerprint density at radius 1 is 1.33 bits per heavy atom. The number of hydrogen-bond acceptors (Lipinski definition) is 4. The van der Waals surface area contributed by atoms with E-state index >= 15 is 0 Å².